The fourth-order valence-corrected chi connectivity index (χ4v) is 2.19. The van der Waals surface area contributed by atoms with Crippen molar-refractivity contribution in [2.45, 2.75) is 36.0 Å². The highest BCUT2D eigenvalue weighted by Crippen LogP contribution is 2.58. The maximum Gasteiger partial charge on any atom is 0.393 e. The van der Waals surface area contributed by atoms with E-state index < -0.39 is 47.1 Å². The van der Waals surface area contributed by atoms with Crippen LogP contribution in [0.5, 0.6) is 0 Å². The van der Waals surface area contributed by atoms with Crippen LogP contribution < -0.4 is 5.32 Å². The number of alkyl halides is 12. The number of hydrogen-bond acceptors (Lipinski definition) is 3. The lowest BCUT2D eigenvalue weighted by molar-refractivity contribution is -0.406. The minimum atomic E-state index is -7.73. The highest BCUT2D eigenvalue weighted by molar-refractivity contribution is 8.14. The second kappa shape index (κ2) is 6.67. The average Bonchev–Trinajstić information content (AvgIpc) is 2.98. The van der Waals surface area contributed by atoms with Crippen LogP contribution in [-0.4, -0.2) is 59.4 Å². The van der Waals surface area contributed by atoms with E-state index in [4.69, 9.17) is 0 Å². The first-order valence-electron chi connectivity index (χ1n) is 6.10. The fourth-order valence-electron chi connectivity index (χ4n) is 1.47. The normalized spacial score (nSPS) is 17.5. The first-order chi connectivity index (χ1) is 11.4. The molecule has 1 rings (SSSR count). The molecule has 16 heteroatoms. The molecule has 0 unspecified atom stereocenters. The summed E-state index contributed by atoms with van der Waals surface area (Å²) in [6.45, 7) is -0.0862. The molecule has 0 aromatic rings. The summed E-state index contributed by atoms with van der Waals surface area (Å²) in [5, 5.41) is 0.203. The Balaban J connectivity index is 3.28. The third-order valence-corrected chi connectivity index (χ3v) is 3.86. The molecule has 0 aliphatic carbocycles. The largest absolute Gasteiger partial charge is 0.393 e. The van der Waals surface area contributed by atoms with Crippen molar-refractivity contribution < 1.29 is 57.5 Å². The van der Waals surface area contributed by atoms with Gasteiger partial charge in [-0.2, -0.15) is 43.9 Å². The topological polar surface area (TPSA) is 41.5 Å². The van der Waals surface area contributed by atoms with Crippen LogP contribution in [0.1, 0.15) is 0 Å². The van der Waals surface area contributed by atoms with E-state index in [2.05, 4.69) is 4.99 Å². The van der Waals surface area contributed by atoms with Crippen LogP contribution in [0.25, 0.3) is 0 Å². The highest BCUT2D eigenvalue weighted by Gasteiger charge is 2.89. The number of amidine groups is 1. The smallest absolute Gasteiger partial charge is 0.300 e. The third kappa shape index (κ3) is 3.19. The second-order valence-corrected chi connectivity index (χ2v) is 5.79. The molecule has 0 aromatic heterocycles. The minimum absolute atomic E-state index is 0.0758. The van der Waals surface area contributed by atoms with Gasteiger partial charge in [0, 0.05) is 5.75 Å². The number of halogens is 12. The zero-order chi connectivity index (χ0) is 20.8. The van der Waals surface area contributed by atoms with Gasteiger partial charge in [-0.1, -0.05) is 11.8 Å². The monoisotopic (exact) mass is 430 g/mol. The van der Waals surface area contributed by atoms with Gasteiger partial charge >= 0.3 is 41.9 Å². The zero-order valence-corrected chi connectivity index (χ0v) is 12.6. The summed E-state index contributed by atoms with van der Waals surface area (Å²) in [7, 11) is 0. The first kappa shape index (κ1) is 22.7. The second-order valence-electron chi connectivity index (χ2n) is 4.71. The van der Waals surface area contributed by atoms with Crippen molar-refractivity contribution in [3.8, 4) is 0 Å². The van der Waals surface area contributed by atoms with E-state index in [1.807, 2.05) is 0 Å². The molecule has 26 heavy (non-hydrogen) atoms. The molecule has 0 fully saturated rings. The number of carbonyl (C=O) groups is 1. The summed E-state index contributed by atoms with van der Waals surface area (Å²) < 4.78 is 155. The number of nitrogens with zero attached hydrogens (tertiary/aromatic N) is 1. The first-order valence-corrected chi connectivity index (χ1v) is 7.09. The van der Waals surface area contributed by atoms with Crippen LogP contribution in [-0.2, 0) is 4.79 Å². The maximum atomic E-state index is 13.4. The molecule has 0 saturated heterocycles. The lowest BCUT2D eigenvalue weighted by atomic mass is 9.94. The third-order valence-electron chi connectivity index (χ3n) is 2.97. The van der Waals surface area contributed by atoms with E-state index in [-0.39, 0.29) is 12.3 Å². The Bertz CT molecular complexity index is 591. The molecule has 1 amide bonds. The Hall–Kier alpha value is -1.35. The summed E-state index contributed by atoms with van der Waals surface area (Å²) in [4.78, 5) is 14.3. The highest BCUT2D eigenvalue weighted by atomic mass is 32.2. The molecule has 0 radical (unpaired) electrons. The van der Waals surface area contributed by atoms with E-state index >= 15 is 0 Å². The number of amides is 1. The van der Waals surface area contributed by atoms with E-state index in [1.165, 1.54) is 0 Å². The number of hydrogen-bond donors (Lipinski definition) is 1. The summed E-state index contributed by atoms with van der Waals surface area (Å²) in [6, 6.07) is 0. The zero-order valence-electron chi connectivity index (χ0n) is 11.8. The van der Waals surface area contributed by atoms with Gasteiger partial charge in [0.1, 0.15) is 0 Å². The van der Waals surface area contributed by atoms with Gasteiger partial charge in [0.05, 0.1) is 6.54 Å². The van der Waals surface area contributed by atoms with Crippen LogP contribution >= 0.6 is 11.8 Å². The lowest BCUT2D eigenvalue weighted by Crippen LogP contribution is -2.71. The van der Waals surface area contributed by atoms with Gasteiger partial charge in [0.25, 0.3) is 0 Å². The van der Waals surface area contributed by atoms with Crippen molar-refractivity contribution in [3.63, 3.8) is 0 Å². The van der Waals surface area contributed by atoms with Gasteiger partial charge in [-0.05, 0) is 0 Å². The van der Waals surface area contributed by atoms with E-state index in [9.17, 15) is 57.5 Å². The molecule has 152 valence electrons. The Morgan fingerprint density at radius 1 is 0.923 bits per heavy atom. The quantitative estimate of drug-likeness (QED) is 0.654. The Morgan fingerprint density at radius 2 is 1.42 bits per heavy atom. The van der Waals surface area contributed by atoms with Gasteiger partial charge in [0.15, 0.2) is 5.17 Å². The van der Waals surface area contributed by atoms with Crippen molar-refractivity contribution in [1.82, 2.24) is 5.32 Å². The molecule has 0 saturated carbocycles. The minimum Gasteiger partial charge on any atom is -0.300 e. The summed E-state index contributed by atoms with van der Waals surface area (Å²) in [5.41, 5.74) is 0. The van der Waals surface area contributed by atoms with Crippen LogP contribution in [0.15, 0.2) is 4.99 Å². The molecule has 1 N–H and O–H groups in total. The van der Waals surface area contributed by atoms with Crippen LogP contribution in [0.4, 0.5) is 52.7 Å². The molecule has 0 atom stereocenters. The van der Waals surface area contributed by atoms with Crippen molar-refractivity contribution in [2.75, 3.05) is 12.3 Å². The van der Waals surface area contributed by atoms with Gasteiger partial charge in [-0.15, -0.1) is 0 Å². The standard InChI is InChI=1S/C10H6F12N2OS/c11-3(12)6(13,14)8(17,18)10(21,22)9(19,20)7(15,16)4(25)24-5-23-1-2-26-5/h3H,1-2H2,(H,23,24,25). The molecular formula is C10H6F12N2OS. The van der Waals surface area contributed by atoms with Crippen LogP contribution in [0, 0.1) is 0 Å². The Labute approximate surface area is 140 Å². The number of nitrogens with one attached hydrogen (secondary N) is 1. The number of thioether (sulfide) groups is 1. The molecular weight excluding hydrogens is 424 g/mol. The van der Waals surface area contributed by atoms with E-state index in [0.717, 1.165) is 5.32 Å². The molecule has 1 aliphatic rings. The number of aliphatic imine (C=N–C) groups is 1. The van der Waals surface area contributed by atoms with Crippen LogP contribution in [0.2, 0.25) is 0 Å². The number of carbonyl (C=O) groups excluding carboxylic acids is 1. The maximum absolute atomic E-state index is 13.4. The summed E-state index contributed by atoms with van der Waals surface area (Å²) in [5.74, 6) is -39.8. The molecule has 0 aromatic carbocycles. The van der Waals surface area contributed by atoms with Crippen molar-refractivity contribution in [2.24, 2.45) is 4.99 Å². The lowest BCUT2D eigenvalue weighted by Gasteiger charge is -2.38. The van der Waals surface area contributed by atoms with Gasteiger partial charge in [-0.3, -0.25) is 15.1 Å². The fraction of sp³-hybridized carbons (Fsp3) is 0.800. The molecule has 1 aliphatic heterocycles. The van der Waals surface area contributed by atoms with Crippen molar-refractivity contribution in [1.29, 1.82) is 0 Å². The van der Waals surface area contributed by atoms with Gasteiger partial charge in [-0.25, -0.2) is 8.78 Å². The SMILES string of the molecule is O=C(NC1=NCCS1)C(F)(F)C(F)(F)C(F)(F)C(F)(F)C(F)(F)C(F)F. The summed E-state index contributed by atoms with van der Waals surface area (Å²) in [6.07, 6.45) is -5.59. The molecule has 0 spiro atoms. The van der Waals surface area contributed by atoms with Gasteiger partial charge < -0.3 is 0 Å². The Morgan fingerprint density at radius 3 is 1.81 bits per heavy atom. The van der Waals surface area contributed by atoms with Gasteiger partial charge in [0.2, 0.25) is 0 Å². The molecule has 1 heterocycles. The average molecular weight is 430 g/mol. The van der Waals surface area contributed by atoms with Crippen molar-refractivity contribution in [3.05, 3.63) is 0 Å². The van der Waals surface area contributed by atoms with E-state index in [0.29, 0.717) is 11.8 Å². The predicted molar refractivity (Wildman–Crippen MR) is 63.6 cm³/mol. The molecule has 3 nitrogen and oxygen atoms in total. The van der Waals surface area contributed by atoms with Crippen LogP contribution in [0.3, 0.4) is 0 Å². The summed E-state index contributed by atoms with van der Waals surface area (Å²) >= 11 is 0.504. The predicted octanol–water partition coefficient (Wildman–Crippen LogP) is 3.65. The number of rotatable bonds is 6. The van der Waals surface area contributed by atoms with Crippen molar-refractivity contribution >= 4 is 22.8 Å². The Kier molecular flexibility index (Phi) is 5.82. The molecule has 0 bridgehead atoms. The van der Waals surface area contributed by atoms with E-state index in [1.54, 1.807) is 0 Å².